The van der Waals surface area contributed by atoms with Gasteiger partial charge >= 0.3 is 6.61 Å². The molecule has 0 N–H and O–H groups in total. The van der Waals surface area contributed by atoms with Crippen LogP contribution in [-0.4, -0.2) is 50.5 Å². The van der Waals surface area contributed by atoms with Gasteiger partial charge in [0.25, 0.3) is 0 Å². The van der Waals surface area contributed by atoms with Crippen molar-refractivity contribution in [3.05, 3.63) is 47.1 Å². The van der Waals surface area contributed by atoms with Crippen molar-refractivity contribution < 1.29 is 21.9 Å². The monoisotopic (exact) mass is 428 g/mol. The van der Waals surface area contributed by atoms with E-state index in [0.717, 1.165) is 12.1 Å². The molecule has 7 nitrogen and oxygen atoms in total. The Morgan fingerprint density at radius 3 is 2.50 bits per heavy atom. The molecule has 2 aromatic rings. The fourth-order valence-corrected chi connectivity index (χ4v) is 4.54. The number of pyridine rings is 1. The summed E-state index contributed by atoms with van der Waals surface area (Å²) in [4.78, 5) is 6.00. The van der Waals surface area contributed by atoms with Gasteiger partial charge in [-0.05, 0) is 30.3 Å². The smallest absolute Gasteiger partial charge is 0.387 e. The third kappa shape index (κ3) is 4.32. The standard InChI is InChI=1S/C17H15ClF2N4O3S/c18-14-10-13(1-2-15(14)27-17(19)20)28(25,26)24-7-5-23(6-8-24)16-9-12(11-21)3-4-22-16/h1-4,9-10,17H,5-8H2. The summed E-state index contributed by atoms with van der Waals surface area (Å²) in [6.07, 6.45) is 1.53. The number of sulfonamides is 1. The highest BCUT2D eigenvalue weighted by Gasteiger charge is 2.29. The molecule has 148 valence electrons. The molecule has 0 atom stereocenters. The highest BCUT2D eigenvalue weighted by Crippen LogP contribution is 2.30. The number of benzene rings is 1. The second-order valence-corrected chi connectivity index (χ2v) is 8.22. The first kappa shape index (κ1) is 20.3. The maximum absolute atomic E-state index is 12.8. The molecule has 1 fully saturated rings. The number of rotatable bonds is 5. The van der Waals surface area contributed by atoms with E-state index >= 15 is 0 Å². The second-order valence-electron chi connectivity index (χ2n) is 5.88. The zero-order valence-corrected chi connectivity index (χ0v) is 16.0. The molecule has 0 aliphatic carbocycles. The summed E-state index contributed by atoms with van der Waals surface area (Å²) >= 11 is 5.87. The Morgan fingerprint density at radius 2 is 1.89 bits per heavy atom. The van der Waals surface area contributed by atoms with Crippen molar-refractivity contribution >= 4 is 27.4 Å². The summed E-state index contributed by atoms with van der Waals surface area (Å²) in [7, 11) is -3.84. The number of hydrogen-bond donors (Lipinski definition) is 0. The molecule has 0 radical (unpaired) electrons. The molecule has 0 saturated carbocycles. The molecule has 1 aromatic carbocycles. The van der Waals surface area contributed by atoms with Crippen LogP contribution in [0.4, 0.5) is 14.6 Å². The Morgan fingerprint density at radius 1 is 1.18 bits per heavy atom. The van der Waals surface area contributed by atoms with E-state index in [0.29, 0.717) is 24.5 Å². The summed E-state index contributed by atoms with van der Waals surface area (Å²) in [6, 6.07) is 8.66. The Balaban J connectivity index is 1.72. The van der Waals surface area contributed by atoms with Crippen molar-refractivity contribution in [3.63, 3.8) is 0 Å². The second kappa shape index (κ2) is 8.26. The molecule has 1 aromatic heterocycles. The van der Waals surface area contributed by atoms with Gasteiger partial charge in [-0.3, -0.25) is 0 Å². The van der Waals surface area contributed by atoms with Gasteiger partial charge in [0, 0.05) is 32.4 Å². The van der Waals surface area contributed by atoms with Crippen LogP contribution in [0.15, 0.2) is 41.4 Å². The van der Waals surface area contributed by atoms with Crippen molar-refractivity contribution in [1.82, 2.24) is 9.29 Å². The third-order valence-corrected chi connectivity index (χ3v) is 6.38. The molecule has 3 rings (SSSR count). The van der Waals surface area contributed by atoms with Gasteiger partial charge in [0.05, 0.1) is 21.6 Å². The molecule has 11 heteroatoms. The first-order valence-corrected chi connectivity index (χ1v) is 9.98. The number of anilines is 1. The molecule has 0 unspecified atom stereocenters. The summed E-state index contributed by atoms with van der Waals surface area (Å²) < 4.78 is 55.8. The van der Waals surface area contributed by atoms with E-state index in [4.69, 9.17) is 16.9 Å². The van der Waals surface area contributed by atoms with E-state index in [1.807, 2.05) is 11.0 Å². The number of hydrogen-bond acceptors (Lipinski definition) is 6. The van der Waals surface area contributed by atoms with Gasteiger partial charge in [-0.25, -0.2) is 13.4 Å². The number of halogens is 3. The van der Waals surface area contributed by atoms with Gasteiger partial charge in [-0.15, -0.1) is 0 Å². The number of piperazine rings is 1. The van der Waals surface area contributed by atoms with Crippen LogP contribution in [-0.2, 0) is 10.0 Å². The fraction of sp³-hybridized carbons (Fsp3) is 0.294. The van der Waals surface area contributed by atoms with Crippen LogP contribution in [0.25, 0.3) is 0 Å². The fourth-order valence-electron chi connectivity index (χ4n) is 2.80. The number of alkyl halides is 2. The van der Waals surface area contributed by atoms with Crippen LogP contribution in [0.2, 0.25) is 5.02 Å². The quantitative estimate of drug-likeness (QED) is 0.727. The zero-order valence-electron chi connectivity index (χ0n) is 14.4. The van der Waals surface area contributed by atoms with Crippen LogP contribution in [0, 0.1) is 11.3 Å². The maximum Gasteiger partial charge on any atom is 0.387 e. The van der Waals surface area contributed by atoms with Gasteiger partial charge in [0.1, 0.15) is 11.6 Å². The lowest BCUT2D eigenvalue weighted by molar-refractivity contribution is -0.0498. The molecule has 1 aliphatic heterocycles. The van der Waals surface area contributed by atoms with Crippen molar-refractivity contribution in [3.8, 4) is 11.8 Å². The first-order chi connectivity index (χ1) is 13.3. The van der Waals surface area contributed by atoms with Crippen LogP contribution >= 0.6 is 11.6 Å². The lowest BCUT2D eigenvalue weighted by Gasteiger charge is -2.34. The average molecular weight is 429 g/mol. The Hall–Kier alpha value is -2.48. The predicted molar refractivity (Wildman–Crippen MR) is 98.0 cm³/mol. The number of aromatic nitrogens is 1. The molecule has 28 heavy (non-hydrogen) atoms. The Kier molecular flexibility index (Phi) is 5.98. The molecule has 2 heterocycles. The predicted octanol–water partition coefficient (Wildman–Crippen LogP) is 2.72. The minimum atomic E-state index is -3.84. The van der Waals surface area contributed by atoms with Crippen LogP contribution in [0.3, 0.4) is 0 Å². The molecule has 1 aliphatic rings. The molecular formula is C17H15ClF2N4O3S. The van der Waals surface area contributed by atoms with E-state index in [-0.39, 0.29) is 28.8 Å². The lowest BCUT2D eigenvalue weighted by atomic mass is 10.2. The first-order valence-electron chi connectivity index (χ1n) is 8.17. The molecule has 1 saturated heterocycles. The Labute approximate surface area is 165 Å². The summed E-state index contributed by atoms with van der Waals surface area (Å²) in [5.41, 5.74) is 0.473. The third-order valence-electron chi connectivity index (χ3n) is 4.19. The SMILES string of the molecule is N#Cc1ccnc(N2CCN(S(=O)(=O)c3ccc(OC(F)F)c(Cl)c3)CC2)c1. The zero-order chi connectivity index (χ0) is 20.3. The molecule has 0 amide bonds. The van der Waals surface area contributed by atoms with Crippen LogP contribution < -0.4 is 9.64 Å². The minimum absolute atomic E-state index is 0.0998. The van der Waals surface area contributed by atoms with Gasteiger partial charge in [0.2, 0.25) is 10.0 Å². The van der Waals surface area contributed by atoms with Crippen molar-refractivity contribution in [2.75, 3.05) is 31.1 Å². The average Bonchev–Trinajstić information content (AvgIpc) is 2.69. The van der Waals surface area contributed by atoms with E-state index < -0.39 is 16.6 Å². The Bertz CT molecular complexity index is 1010. The largest absolute Gasteiger partial charge is 0.433 e. The van der Waals surface area contributed by atoms with E-state index in [1.54, 1.807) is 12.1 Å². The number of nitrogens with zero attached hydrogens (tertiary/aromatic N) is 4. The highest BCUT2D eigenvalue weighted by atomic mass is 35.5. The topological polar surface area (TPSA) is 86.5 Å². The van der Waals surface area contributed by atoms with Gasteiger partial charge < -0.3 is 9.64 Å². The van der Waals surface area contributed by atoms with Gasteiger partial charge in [-0.2, -0.15) is 18.3 Å². The summed E-state index contributed by atoms with van der Waals surface area (Å²) in [5, 5.41) is 8.77. The van der Waals surface area contributed by atoms with Gasteiger partial charge in [0.15, 0.2) is 0 Å². The molecule has 0 spiro atoms. The number of ether oxygens (including phenoxy) is 1. The van der Waals surface area contributed by atoms with Gasteiger partial charge in [-0.1, -0.05) is 11.6 Å². The molecular weight excluding hydrogens is 414 g/mol. The van der Waals surface area contributed by atoms with Crippen molar-refractivity contribution in [1.29, 1.82) is 5.26 Å². The van der Waals surface area contributed by atoms with E-state index in [1.165, 1.54) is 16.6 Å². The number of nitriles is 1. The summed E-state index contributed by atoms with van der Waals surface area (Å²) in [6.45, 7) is -1.87. The van der Waals surface area contributed by atoms with Crippen LogP contribution in [0.5, 0.6) is 5.75 Å². The summed E-state index contributed by atoms with van der Waals surface area (Å²) in [5.74, 6) is 0.316. The van der Waals surface area contributed by atoms with E-state index in [2.05, 4.69) is 9.72 Å². The maximum atomic E-state index is 12.8. The highest BCUT2D eigenvalue weighted by molar-refractivity contribution is 7.89. The molecule has 0 bridgehead atoms. The normalized spacial score (nSPS) is 15.5. The lowest BCUT2D eigenvalue weighted by Crippen LogP contribution is -2.48. The minimum Gasteiger partial charge on any atom is -0.433 e. The van der Waals surface area contributed by atoms with E-state index in [9.17, 15) is 17.2 Å². The van der Waals surface area contributed by atoms with Crippen molar-refractivity contribution in [2.45, 2.75) is 11.5 Å². The van der Waals surface area contributed by atoms with Crippen molar-refractivity contribution in [2.24, 2.45) is 0 Å². The van der Waals surface area contributed by atoms with Crippen LogP contribution in [0.1, 0.15) is 5.56 Å².